The second kappa shape index (κ2) is 6.36. The third-order valence-electron chi connectivity index (χ3n) is 4.44. The fourth-order valence-corrected chi connectivity index (χ4v) is 3.42. The summed E-state index contributed by atoms with van der Waals surface area (Å²) in [4.78, 5) is 13.3. The third-order valence-corrected chi connectivity index (χ3v) is 4.75. The molecule has 0 aromatic heterocycles. The molecule has 1 fully saturated rings. The smallest absolute Gasteiger partial charge is 0.305 e. The highest BCUT2D eigenvalue weighted by molar-refractivity contribution is 6.32. The lowest BCUT2D eigenvalue weighted by molar-refractivity contribution is -0.138. The van der Waals surface area contributed by atoms with Crippen LogP contribution in [-0.4, -0.2) is 23.7 Å². The van der Waals surface area contributed by atoms with Gasteiger partial charge in [-0.1, -0.05) is 30.9 Å². The molecule has 0 saturated heterocycles. The van der Waals surface area contributed by atoms with E-state index in [0.717, 1.165) is 37.8 Å². The average Bonchev–Trinajstić information content (AvgIpc) is 2.46. The van der Waals surface area contributed by atoms with Crippen LogP contribution in [0.3, 0.4) is 0 Å². The minimum atomic E-state index is -0.775. The second-order valence-electron chi connectivity index (χ2n) is 5.69. The van der Waals surface area contributed by atoms with Crippen LogP contribution in [0.25, 0.3) is 0 Å². The van der Waals surface area contributed by atoms with Gasteiger partial charge in [-0.3, -0.25) is 4.79 Å². The Kier molecular flexibility index (Phi) is 4.74. The van der Waals surface area contributed by atoms with Crippen LogP contribution < -0.4 is 4.90 Å². The fraction of sp³-hybridized carbons (Fsp3) is 0.500. The lowest BCUT2D eigenvalue weighted by Crippen LogP contribution is -2.49. The van der Waals surface area contributed by atoms with Gasteiger partial charge < -0.3 is 10.0 Å². The second-order valence-corrected chi connectivity index (χ2v) is 6.10. The Morgan fingerprint density at radius 2 is 2.10 bits per heavy atom. The van der Waals surface area contributed by atoms with Crippen LogP contribution >= 0.6 is 11.6 Å². The lowest BCUT2D eigenvalue weighted by Gasteiger charge is -2.45. The summed E-state index contributed by atoms with van der Waals surface area (Å²) in [5.74, 6) is -0.775. The monoisotopic (exact) mass is 306 g/mol. The number of rotatable bonds is 4. The predicted molar refractivity (Wildman–Crippen MR) is 82.6 cm³/mol. The lowest BCUT2D eigenvalue weighted by atomic mass is 9.78. The number of carboxylic acid groups (broad SMARTS) is 1. The van der Waals surface area contributed by atoms with Crippen LogP contribution in [0.15, 0.2) is 18.2 Å². The minimum Gasteiger partial charge on any atom is -0.481 e. The van der Waals surface area contributed by atoms with Gasteiger partial charge in [0.05, 0.1) is 22.5 Å². The largest absolute Gasteiger partial charge is 0.481 e. The van der Waals surface area contributed by atoms with Gasteiger partial charge in [0.25, 0.3) is 0 Å². The van der Waals surface area contributed by atoms with Crippen LogP contribution in [0.2, 0.25) is 5.02 Å². The Labute approximate surface area is 129 Å². The molecule has 0 radical (unpaired) electrons. The Morgan fingerprint density at radius 1 is 1.43 bits per heavy atom. The van der Waals surface area contributed by atoms with E-state index >= 15 is 0 Å². The fourth-order valence-electron chi connectivity index (χ4n) is 3.20. The summed E-state index contributed by atoms with van der Waals surface area (Å²) in [7, 11) is 1.92. The van der Waals surface area contributed by atoms with Crippen LogP contribution in [0.4, 0.5) is 5.69 Å². The summed E-state index contributed by atoms with van der Waals surface area (Å²) in [6.45, 7) is 0. The molecule has 0 atom stereocenters. The molecule has 112 valence electrons. The molecule has 1 N–H and O–H groups in total. The van der Waals surface area contributed by atoms with Crippen LogP contribution in [0.1, 0.15) is 44.1 Å². The van der Waals surface area contributed by atoms with Crippen molar-refractivity contribution in [3.8, 4) is 6.07 Å². The first-order chi connectivity index (χ1) is 9.98. The molecule has 0 amide bonds. The first-order valence-corrected chi connectivity index (χ1v) is 7.51. The molecular formula is C16H19ClN2O2. The summed E-state index contributed by atoms with van der Waals surface area (Å²) >= 11 is 6.10. The van der Waals surface area contributed by atoms with E-state index < -0.39 is 5.97 Å². The van der Waals surface area contributed by atoms with E-state index in [1.54, 1.807) is 12.1 Å². The molecule has 1 aromatic rings. The van der Waals surface area contributed by atoms with Gasteiger partial charge in [-0.2, -0.15) is 5.26 Å². The maximum atomic E-state index is 11.3. The maximum absolute atomic E-state index is 11.3. The normalized spacial score (nSPS) is 17.0. The van der Waals surface area contributed by atoms with E-state index in [1.807, 2.05) is 24.1 Å². The molecule has 5 heteroatoms. The zero-order valence-corrected chi connectivity index (χ0v) is 12.9. The SMILES string of the molecule is CN(c1ccc(C#N)c(Cl)c1)C1(CC(=O)O)CCCCC1. The topological polar surface area (TPSA) is 64.3 Å². The van der Waals surface area contributed by atoms with Gasteiger partial charge in [0, 0.05) is 12.7 Å². The molecule has 21 heavy (non-hydrogen) atoms. The summed E-state index contributed by atoms with van der Waals surface area (Å²) in [6, 6.07) is 7.31. The Balaban J connectivity index is 2.33. The first-order valence-electron chi connectivity index (χ1n) is 7.14. The molecule has 0 heterocycles. The molecule has 0 unspecified atom stereocenters. The number of carbonyl (C=O) groups is 1. The Bertz CT molecular complexity index is 574. The molecule has 2 rings (SSSR count). The number of benzene rings is 1. The highest BCUT2D eigenvalue weighted by Crippen LogP contribution is 2.39. The van der Waals surface area contributed by atoms with E-state index in [9.17, 15) is 9.90 Å². The van der Waals surface area contributed by atoms with Gasteiger partial charge in [-0.25, -0.2) is 0 Å². The number of halogens is 1. The van der Waals surface area contributed by atoms with Crippen LogP contribution in [-0.2, 0) is 4.79 Å². The molecular weight excluding hydrogens is 288 g/mol. The number of nitrogens with zero attached hydrogens (tertiary/aromatic N) is 2. The van der Waals surface area contributed by atoms with Gasteiger partial charge in [-0.15, -0.1) is 0 Å². The van der Waals surface area contributed by atoms with Crippen molar-refractivity contribution in [1.29, 1.82) is 5.26 Å². The predicted octanol–water partition coefficient (Wildman–Crippen LogP) is 3.83. The Morgan fingerprint density at radius 3 is 2.62 bits per heavy atom. The number of hydrogen-bond acceptors (Lipinski definition) is 3. The van der Waals surface area contributed by atoms with E-state index in [-0.39, 0.29) is 12.0 Å². The van der Waals surface area contributed by atoms with Gasteiger partial charge in [0.1, 0.15) is 6.07 Å². The molecule has 1 aliphatic carbocycles. The van der Waals surface area contributed by atoms with E-state index in [1.165, 1.54) is 0 Å². The number of aliphatic carboxylic acids is 1. The van der Waals surface area contributed by atoms with Crippen LogP contribution in [0, 0.1) is 11.3 Å². The highest BCUT2D eigenvalue weighted by Gasteiger charge is 2.38. The van der Waals surface area contributed by atoms with E-state index in [4.69, 9.17) is 16.9 Å². The van der Waals surface area contributed by atoms with E-state index in [2.05, 4.69) is 0 Å². The zero-order valence-electron chi connectivity index (χ0n) is 12.1. The van der Waals surface area contributed by atoms with Gasteiger partial charge >= 0.3 is 5.97 Å². The molecule has 4 nitrogen and oxygen atoms in total. The number of anilines is 1. The number of nitriles is 1. The van der Waals surface area contributed by atoms with Gasteiger partial charge in [0.2, 0.25) is 0 Å². The molecule has 0 aliphatic heterocycles. The van der Waals surface area contributed by atoms with Crippen molar-refractivity contribution in [1.82, 2.24) is 0 Å². The van der Waals surface area contributed by atoms with Crippen molar-refractivity contribution in [3.05, 3.63) is 28.8 Å². The standard InChI is InChI=1S/C16H19ClN2O2/c1-19(13-6-5-12(11-18)14(17)9-13)16(10-15(20)21)7-3-2-4-8-16/h5-6,9H,2-4,7-8,10H2,1H3,(H,20,21). The van der Waals surface area contributed by atoms with E-state index in [0.29, 0.717) is 10.6 Å². The average molecular weight is 307 g/mol. The number of carboxylic acids is 1. The molecule has 0 bridgehead atoms. The summed E-state index contributed by atoms with van der Waals surface area (Å²) in [5.41, 5.74) is 0.938. The summed E-state index contributed by atoms with van der Waals surface area (Å²) in [6.07, 6.45) is 5.11. The van der Waals surface area contributed by atoms with Crippen molar-refractivity contribution in [2.24, 2.45) is 0 Å². The van der Waals surface area contributed by atoms with Crippen molar-refractivity contribution in [2.75, 3.05) is 11.9 Å². The maximum Gasteiger partial charge on any atom is 0.305 e. The zero-order chi connectivity index (χ0) is 15.5. The van der Waals surface area contributed by atoms with Gasteiger partial charge in [-0.05, 0) is 31.0 Å². The Hall–Kier alpha value is -1.73. The molecule has 1 saturated carbocycles. The molecule has 1 aliphatic rings. The molecule has 1 aromatic carbocycles. The van der Waals surface area contributed by atoms with Crippen molar-refractivity contribution in [2.45, 2.75) is 44.1 Å². The quantitative estimate of drug-likeness (QED) is 0.918. The third kappa shape index (κ3) is 3.30. The van der Waals surface area contributed by atoms with Crippen LogP contribution in [0.5, 0.6) is 0 Å². The van der Waals surface area contributed by atoms with Gasteiger partial charge in [0.15, 0.2) is 0 Å². The van der Waals surface area contributed by atoms with Crippen molar-refractivity contribution in [3.63, 3.8) is 0 Å². The summed E-state index contributed by atoms with van der Waals surface area (Å²) in [5, 5.41) is 18.6. The number of hydrogen-bond donors (Lipinski definition) is 1. The highest BCUT2D eigenvalue weighted by atomic mass is 35.5. The first kappa shape index (κ1) is 15.7. The van der Waals surface area contributed by atoms with Crippen molar-refractivity contribution < 1.29 is 9.90 Å². The summed E-state index contributed by atoms with van der Waals surface area (Å²) < 4.78 is 0. The van der Waals surface area contributed by atoms with Crippen molar-refractivity contribution >= 4 is 23.3 Å². The molecule has 0 spiro atoms. The minimum absolute atomic E-state index is 0.126.